The van der Waals surface area contributed by atoms with Gasteiger partial charge in [-0.1, -0.05) is 12.1 Å². The number of quaternary nitrogens is 1. The molecule has 0 spiro atoms. The molecule has 0 bridgehead atoms. The highest BCUT2D eigenvalue weighted by atomic mass is 16.4. The quantitative estimate of drug-likeness (QED) is 0.327. The fourth-order valence-electron chi connectivity index (χ4n) is 1.89. The van der Waals surface area contributed by atoms with Gasteiger partial charge in [-0.15, -0.1) is 6.42 Å². The summed E-state index contributed by atoms with van der Waals surface area (Å²) in [7, 11) is 0. The molecular weight excluding hydrogens is 164 g/mol. The van der Waals surface area contributed by atoms with Crippen molar-refractivity contribution in [3.63, 3.8) is 0 Å². The average Bonchev–Trinajstić information content (AvgIpc) is 2.11. The number of nitrogens with one attached hydrogen (secondary N) is 1. The number of hydrogen-bond acceptors (Lipinski definition) is 2. The fraction of sp³-hybridized carbons (Fsp3) is 0.700. The van der Waals surface area contributed by atoms with E-state index in [1.807, 2.05) is 0 Å². The van der Waals surface area contributed by atoms with Gasteiger partial charge in [-0.3, -0.25) is 0 Å². The topological polar surface area (TPSA) is 37.0 Å². The molecule has 0 amide bonds. The summed E-state index contributed by atoms with van der Waals surface area (Å²) in [5.74, 6) is 3.03. The van der Waals surface area contributed by atoms with Crippen LogP contribution in [-0.4, -0.2) is 30.1 Å². The van der Waals surface area contributed by atoms with Crippen molar-refractivity contribution in [3.8, 4) is 12.3 Å². The van der Waals surface area contributed by atoms with Crippen LogP contribution in [0.1, 0.15) is 20.3 Å². The van der Waals surface area contributed by atoms with Crippen LogP contribution < -0.4 is 4.90 Å². The molecule has 1 unspecified atom stereocenters. The Bertz CT molecular complexity index is 242. The molecule has 0 aromatic carbocycles. The molecule has 0 aliphatic carbocycles. The van der Waals surface area contributed by atoms with Gasteiger partial charge in [-0.05, 0) is 12.8 Å². The Hall–Kier alpha value is -1.01. The largest absolute Gasteiger partial charge is 0.411 e. The summed E-state index contributed by atoms with van der Waals surface area (Å²) in [5.41, 5.74) is 0.910. The van der Waals surface area contributed by atoms with Crippen LogP contribution in [0.4, 0.5) is 0 Å². The number of nitrogens with zero attached hydrogens (tertiary/aromatic N) is 1. The van der Waals surface area contributed by atoms with Crippen LogP contribution in [0, 0.1) is 18.3 Å². The number of hydrogen-bond donors (Lipinski definition) is 2. The lowest BCUT2D eigenvalue weighted by atomic mass is 9.93. The van der Waals surface area contributed by atoms with E-state index in [-0.39, 0.29) is 0 Å². The Kier molecular flexibility index (Phi) is 3.32. The molecule has 13 heavy (non-hydrogen) atoms. The maximum absolute atomic E-state index is 8.73. The molecule has 1 heterocycles. The second-order valence-corrected chi connectivity index (χ2v) is 3.84. The first-order chi connectivity index (χ1) is 6.19. The lowest BCUT2D eigenvalue weighted by Gasteiger charge is -2.32. The lowest BCUT2D eigenvalue weighted by Crippen LogP contribution is -3.17. The molecule has 1 aliphatic heterocycles. The van der Waals surface area contributed by atoms with Crippen molar-refractivity contribution in [1.82, 2.24) is 0 Å². The standard InChI is InChI=1S/C10H16N2O/c1-4-5-12-7-8(2)10(11-13)6-9(12)3/h1,8-9,13H,5-7H2,2-3H3/p+1/b11-10-/t8-,9-/m0/s1. The zero-order valence-corrected chi connectivity index (χ0v) is 8.25. The molecule has 0 aromatic heterocycles. The molecular formula is C10H17N2O+. The minimum atomic E-state index is 0.351. The van der Waals surface area contributed by atoms with Crippen LogP contribution in [0.15, 0.2) is 5.16 Å². The van der Waals surface area contributed by atoms with E-state index in [0.29, 0.717) is 12.0 Å². The molecule has 1 fully saturated rings. The van der Waals surface area contributed by atoms with Crippen LogP contribution >= 0.6 is 0 Å². The zero-order valence-electron chi connectivity index (χ0n) is 8.25. The molecule has 72 valence electrons. The summed E-state index contributed by atoms with van der Waals surface area (Å²) in [5, 5.41) is 12.1. The van der Waals surface area contributed by atoms with E-state index in [1.54, 1.807) is 0 Å². The van der Waals surface area contributed by atoms with Crippen LogP contribution in [0.5, 0.6) is 0 Å². The van der Waals surface area contributed by atoms with E-state index >= 15 is 0 Å². The Balaban J connectivity index is 2.62. The predicted octanol–water partition coefficient (Wildman–Crippen LogP) is -0.237. The predicted molar refractivity (Wildman–Crippen MR) is 52.0 cm³/mol. The monoisotopic (exact) mass is 181 g/mol. The lowest BCUT2D eigenvalue weighted by molar-refractivity contribution is -0.920. The normalized spacial score (nSPS) is 37.3. The van der Waals surface area contributed by atoms with Crippen molar-refractivity contribution in [2.75, 3.05) is 13.1 Å². The molecule has 0 radical (unpaired) electrons. The Morgan fingerprint density at radius 2 is 2.38 bits per heavy atom. The Morgan fingerprint density at radius 3 is 2.92 bits per heavy atom. The van der Waals surface area contributed by atoms with Gasteiger partial charge in [0, 0.05) is 12.3 Å². The smallest absolute Gasteiger partial charge is 0.139 e. The number of terminal acetylenes is 1. The SMILES string of the molecule is C#CC[NH+]1C[C@H](C)/C(=N\O)C[C@@H]1C. The fourth-order valence-corrected chi connectivity index (χ4v) is 1.89. The van der Waals surface area contributed by atoms with Gasteiger partial charge in [0.05, 0.1) is 18.3 Å². The first kappa shape index (κ1) is 10.1. The van der Waals surface area contributed by atoms with E-state index in [9.17, 15) is 0 Å². The molecule has 0 aromatic rings. The molecule has 0 saturated carbocycles. The van der Waals surface area contributed by atoms with E-state index in [1.165, 1.54) is 4.90 Å². The summed E-state index contributed by atoms with van der Waals surface area (Å²) in [6.45, 7) is 5.97. The van der Waals surface area contributed by atoms with E-state index in [4.69, 9.17) is 11.6 Å². The van der Waals surface area contributed by atoms with E-state index in [0.717, 1.165) is 25.2 Å². The summed E-state index contributed by atoms with van der Waals surface area (Å²) in [6, 6.07) is 0.471. The van der Waals surface area contributed by atoms with Crippen molar-refractivity contribution in [1.29, 1.82) is 0 Å². The highest BCUT2D eigenvalue weighted by Gasteiger charge is 2.30. The van der Waals surface area contributed by atoms with Crippen molar-refractivity contribution in [2.45, 2.75) is 26.3 Å². The summed E-state index contributed by atoms with van der Waals surface area (Å²) >= 11 is 0. The third-order valence-corrected chi connectivity index (χ3v) is 2.81. The zero-order chi connectivity index (χ0) is 9.84. The minimum absolute atomic E-state index is 0.351. The van der Waals surface area contributed by atoms with Crippen molar-refractivity contribution < 1.29 is 10.1 Å². The molecule has 3 atom stereocenters. The third kappa shape index (κ3) is 2.22. The van der Waals surface area contributed by atoms with Gasteiger partial charge in [0.15, 0.2) is 0 Å². The minimum Gasteiger partial charge on any atom is -0.411 e. The Morgan fingerprint density at radius 1 is 1.69 bits per heavy atom. The Labute approximate surface area is 79.4 Å². The second-order valence-electron chi connectivity index (χ2n) is 3.84. The molecule has 1 saturated heterocycles. The van der Waals surface area contributed by atoms with E-state index in [2.05, 4.69) is 24.9 Å². The molecule has 3 heteroatoms. The third-order valence-electron chi connectivity index (χ3n) is 2.81. The highest BCUT2D eigenvalue weighted by Crippen LogP contribution is 2.07. The van der Waals surface area contributed by atoms with Crippen molar-refractivity contribution in [3.05, 3.63) is 0 Å². The summed E-state index contributed by atoms with van der Waals surface area (Å²) in [6.07, 6.45) is 6.14. The summed E-state index contributed by atoms with van der Waals surface area (Å²) < 4.78 is 0. The first-order valence-electron chi connectivity index (χ1n) is 4.68. The van der Waals surface area contributed by atoms with Crippen LogP contribution in [0.25, 0.3) is 0 Å². The van der Waals surface area contributed by atoms with E-state index < -0.39 is 0 Å². The van der Waals surface area contributed by atoms with Crippen LogP contribution in [0.3, 0.4) is 0 Å². The van der Waals surface area contributed by atoms with Crippen LogP contribution in [-0.2, 0) is 0 Å². The van der Waals surface area contributed by atoms with Gasteiger partial charge in [0.2, 0.25) is 0 Å². The number of oxime groups is 1. The average molecular weight is 181 g/mol. The van der Waals surface area contributed by atoms with Gasteiger partial charge in [0.1, 0.15) is 6.54 Å². The second kappa shape index (κ2) is 4.29. The van der Waals surface area contributed by atoms with Crippen molar-refractivity contribution in [2.24, 2.45) is 11.1 Å². The number of piperidine rings is 1. The maximum Gasteiger partial charge on any atom is 0.139 e. The summed E-state index contributed by atoms with van der Waals surface area (Å²) in [4.78, 5) is 1.42. The van der Waals surface area contributed by atoms with Gasteiger partial charge < -0.3 is 10.1 Å². The highest BCUT2D eigenvalue weighted by molar-refractivity contribution is 5.86. The molecule has 1 aliphatic rings. The molecule has 2 N–H and O–H groups in total. The van der Waals surface area contributed by atoms with Gasteiger partial charge >= 0.3 is 0 Å². The number of likely N-dealkylation sites (tertiary alicyclic amines) is 1. The van der Waals surface area contributed by atoms with Gasteiger partial charge in [-0.2, -0.15) is 0 Å². The molecule has 3 nitrogen and oxygen atoms in total. The van der Waals surface area contributed by atoms with Gasteiger partial charge in [-0.25, -0.2) is 0 Å². The molecule has 1 rings (SSSR count). The van der Waals surface area contributed by atoms with Crippen LogP contribution in [0.2, 0.25) is 0 Å². The maximum atomic E-state index is 8.73. The number of rotatable bonds is 1. The van der Waals surface area contributed by atoms with Crippen molar-refractivity contribution >= 4 is 5.71 Å². The first-order valence-corrected chi connectivity index (χ1v) is 4.68. The van der Waals surface area contributed by atoms with Gasteiger partial charge in [0.25, 0.3) is 0 Å².